The van der Waals surface area contributed by atoms with Gasteiger partial charge >= 0.3 is 0 Å². The zero-order valence-corrected chi connectivity index (χ0v) is 8.67. The molecule has 0 aliphatic rings. The molecule has 3 rings (SSSR count). The average Bonchev–Trinajstić information content (AvgIpc) is 2.69. The molecule has 3 aromatic rings. The number of nitrogen functional groups attached to an aromatic ring is 1. The van der Waals surface area contributed by atoms with Crippen LogP contribution >= 0.6 is 0 Å². The Labute approximate surface area is 93.1 Å². The quantitative estimate of drug-likeness (QED) is 0.625. The molecule has 3 nitrogen and oxygen atoms in total. The second kappa shape index (κ2) is 3.38. The number of fused-ring (bicyclic) bond motifs is 1. The number of aromatic nitrogens is 2. The average molecular weight is 209 g/mol. The number of rotatable bonds is 1. The zero-order valence-electron chi connectivity index (χ0n) is 8.67. The monoisotopic (exact) mass is 209 g/mol. The smallest absolute Gasteiger partial charge is 0.159 e. The maximum atomic E-state index is 6.03. The third-order valence-electron chi connectivity index (χ3n) is 2.63. The molecule has 0 saturated heterocycles. The normalized spacial score (nSPS) is 10.8. The van der Waals surface area contributed by atoms with Gasteiger partial charge < -0.3 is 5.84 Å². The minimum Gasteiger partial charge on any atom is -0.337 e. The first kappa shape index (κ1) is 8.97. The number of nitrogens with zero attached hydrogens (tertiary/aromatic N) is 2. The van der Waals surface area contributed by atoms with Crippen LogP contribution < -0.4 is 5.84 Å². The van der Waals surface area contributed by atoms with Gasteiger partial charge in [0.25, 0.3) is 0 Å². The molecule has 0 bridgehead atoms. The summed E-state index contributed by atoms with van der Waals surface area (Å²) in [6, 6.07) is 17.8. The molecule has 1 heterocycles. The highest BCUT2D eigenvalue weighted by atomic mass is 15.3. The van der Waals surface area contributed by atoms with Crippen molar-refractivity contribution in [2.24, 2.45) is 0 Å². The third-order valence-corrected chi connectivity index (χ3v) is 2.63. The van der Waals surface area contributed by atoms with Crippen molar-refractivity contribution in [3.63, 3.8) is 0 Å². The van der Waals surface area contributed by atoms with Crippen LogP contribution in [0, 0.1) is 0 Å². The van der Waals surface area contributed by atoms with Crippen molar-refractivity contribution in [1.82, 2.24) is 9.66 Å². The van der Waals surface area contributed by atoms with Crippen molar-refractivity contribution >= 4 is 11.0 Å². The Morgan fingerprint density at radius 2 is 1.56 bits per heavy atom. The molecule has 0 amide bonds. The number of hydrogen-bond donors (Lipinski definition) is 1. The van der Waals surface area contributed by atoms with Crippen LogP contribution in [-0.2, 0) is 0 Å². The summed E-state index contributed by atoms with van der Waals surface area (Å²) in [5, 5.41) is 0. The van der Waals surface area contributed by atoms with Crippen molar-refractivity contribution < 1.29 is 0 Å². The first-order valence-electron chi connectivity index (χ1n) is 5.14. The largest absolute Gasteiger partial charge is 0.337 e. The van der Waals surface area contributed by atoms with Crippen molar-refractivity contribution in [3.05, 3.63) is 54.6 Å². The van der Waals surface area contributed by atoms with E-state index in [0.29, 0.717) is 0 Å². The Kier molecular flexibility index (Phi) is 1.90. The minimum absolute atomic E-state index is 0.793. The second-order valence-corrected chi connectivity index (χ2v) is 3.66. The lowest BCUT2D eigenvalue weighted by molar-refractivity contribution is 1.05. The van der Waals surface area contributed by atoms with Crippen LogP contribution in [0.5, 0.6) is 0 Å². The van der Waals surface area contributed by atoms with Gasteiger partial charge in [-0.1, -0.05) is 42.5 Å². The van der Waals surface area contributed by atoms with Crippen LogP contribution in [0.15, 0.2) is 54.6 Å². The van der Waals surface area contributed by atoms with Crippen molar-refractivity contribution in [2.45, 2.75) is 0 Å². The second-order valence-electron chi connectivity index (χ2n) is 3.66. The fourth-order valence-corrected chi connectivity index (χ4v) is 1.84. The van der Waals surface area contributed by atoms with Gasteiger partial charge in [0.2, 0.25) is 0 Å². The molecule has 0 aliphatic heterocycles. The highest BCUT2D eigenvalue weighted by molar-refractivity contribution is 5.80. The topological polar surface area (TPSA) is 43.8 Å². The summed E-state index contributed by atoms with van der Waals surface area (Å²) in [6.07, 6.45) is 0. The van der Waals surface area contributed by atoms with E-state index in [9.17, 15) is 0 Å². The van der Waals surface area contributed by atoms with E-state index >= 15 is 0 Å². The van der Waals surface area contributed by atoms with Crippen LogP contribution in [0.2, 0.25) is 0 Å². The zero-order chi connectivity index (χ0) is 11.0. The van der Waals surface area contributed by atoms with Gasteiger partial charge in [0.05, 0.1) is 11.0 Å². The summed E-state index contributed by atoms with van der Waals surface area (Å²) in [6.45, 7) is 0. The Hall–Kier alpha value is -2.29. The van der Waals surface area contributed by atoms with Crippen molar-refractivity contribution in [2.75, 3.05) is 5.84 Å². The summed E-state index contributed by atoms with van der Waals surface area (Å²) in [4.78, 5) is 4.52. The van der Waals surface area contributed by atoms with E-state index in [-0.39, 0.29) is 0 Å². The lowest BCUT2D eigenvalue weighted by atomic mass is 10.2. The van der Waals surface area contributed by atoms with Gasteiger partial charge in [0.1, 0.15) is 0 Å². The number of para-hydroxylation sites is 2. The maximum Gasteiger partial charge on any atom is 0.159 e. The molecule has 0 radical (unpaired) electrons. The van der Waals surface area contributed by atoms with Gasteiger partial charge in [-0.15, -0.1) is 0 Å². The van der Waals surface area contributed by atoms with Crippen LogP contribution in [0.25, 0.3) is 22.4 Å². The lowest BCUT2D eigenvalue weighted by Crippen LogP contribution is -2.09. The number of nitrogens with two attached hydrogens (primary N) is 1. The number of benzene rings is 2. The first-order chi connectivity index (χ1) is 7.86. The van der Waals surface area contributed by atoms with E-state index in [1.807, 2.05) is 54.6 Å². The van der Waals surface area contributed by atoms with Gasteiger partial charge in [0.15, 0.2) is 5.82 Å². The summed E-state index contributed by atoms with van der Waals surface area (Å²) >= 11 is 0. The Bertz CT molecular complexity index is 626. The molecule has 0 unspecified atom stereocenters. The maximum absolute atomic E-state index is 6.03. The van der Waals surface area contributed by atoms with Crippen LogP contribution in [0.3, 0.4) is 0 Å². The van der Waals surface area contributed by atoms with E-state index in [2.05, 4.69) is 4.98 Å². The SMILES string of the molecule is Nn1c(-c2ccccc2)nc2ccccc21. The molecular weight excluding hydrogens is 198 g/mol. The fourth-order valence-electron chi connectivity index (χ4n) is 1.84. The van der Waals surface area contributed by atoms with E-state index in [0.717, 1.165) is 22.4 Å². The molecule has 3 heteroatoms. The van der Waals surface area contributed by atoms with Crippen molar-refractivity contribution in [3.8, 4) is 11.4 Å². The van der Waals surface area contributed by atoms with Crippen LogP contribution in [0.1, 0.15) is 0 Å². The minimum atomic E-state index is 0.793. The molecule has 0 fully saturated rings. The lowest BCUT2D eigenvalue weighted by Gasteiger charge is -2.01. The summed E-state index contributed by atoms with van der Waals surface area (Å²) < 4.78 is 1.63. The summed E-state index contributed by atoms with van der Waals surface area (Å²) in [5.41, 5.74) is 2.89. The summed E-state index contributed by atoms with van der Waals surface area (Å²) in [5.74, 6) is 6.82. The molecule has 16 heavy (non-hydrogen) atoms. The fraction of sp³-hybridized carbons (Fsp3) is 0. The Morgan fingerprint density at radius 3 is 2.31 bits per heavy atom. The van der Waals surface area contributed by atoms with Crippen molar-refractivity contribution in [1.29, 1.82) is 0 Å². The Morgan fingerprint density at radius 1 is 0.875 bits per heavy atom. The molecular formula is C13H11N3. The van der Waals surface area contributed by atoms with Crippen LogP contribution in [0.4, 0.5) is 0 Å². The van der Waals surface area contributed by atoms with E-state index in [4.69, 9.17) is 5.84 Å². The highest BCUT2D eigenvalue weighted by Crippen LogP contribution is 2.21. The Balaban J connectivity index is 2.29. The standard InChI is InChI=1S/C13H11N3/c14-16-12-9-5-4-8-11(12)15-13(16)10-6-2-1-3-7-10/h1-9H,14H2. The number of imidazole rings is 1. The third kappa shape index (κ3) is 1.26. The first-order valence-corrected chi connectivity index (χ1v) is 5.14. The van der Waals surface area contributed by atoms with E-state index < -0.39 is 0 Å². The van der Waals surface area contributed by atoms with Crippen LogP contribution in [-0.4, -0.2) is 9.66 Å². The summed E-state index contributed by atoms with van der Waals surface area (Å²) in [7, 11) is 0. The molecule has 0 spiro atoms. The highest BCUT2D eigenvalue weighted by Gasteiger charge is 2.08. The van der Waals surface area contributed by atoms with Gasteiger partial charge in [-0.25, -0.2) is 9.66 Å². The molecule has 2 N–H and O–H groups in total. The predicted molar refractivity (Wildman–Crippen MR) is 65.3 cm³/mol. The van der Waals surface area contributed by atoms with Gasteiger partial charge in [-0.2, -0.15) is 0 Å². The number of hydrogen-bond acceptors (Lipinski definition) is 2. The van der Waals surface area contributed by atoms with Gasteiger partial charge in [0, 0.05) is 5.56 Å². The van der Waals surface area contributed by atoms with E-state index in [1.165, 1.54) is 0 Å². The predicted octanol–water partition coefficient (Wildman–Crippen LogP) is 2.42. The molecule has 78 valence electrons. The van der Waals surface area contributed by atoms with E-state index in [1.54, 1.807) is 4.68 Å². The molecule has 1 aromatic heterocycles. The molecule has 2 aromatic carbocycles. The van der Waals surface area contributed by atoms with Gasteiger partial charge in [-0.05, 0) is 12.1 Å². The molecule has 0 saturated carbocycles. The molecule has 0 aliphatic carbocycles. The van der Waals surface area contributed by atoms with Gasteiger partial charge in [-0.3, -0.25) is 0 Å². The molecule has 0 atom stereocenters.